The largest absolute Gasteiger partial charge is 0.285 e. The molecule has 0 spiro atoms. The third kappa shape index (κ3) is 1.70. The molecule has 4 heteroatoms. The summed E-state index contributed by atoms with van der Waals surface area (Å²) in [5.41, 5.74) is 0. The second-order valence-electron chi connectivity index (χ2n) is 8.58. The highest BCUT2D eigenvalue weighted by Gasteiger charge is 2.62. The van der Waals surface area contributed by atoms with Gasteiger partial charge in [0, 0.05) is 0 Å². The molecule has 0 aromatic rings. The third-order valence-corrected chi connectivity index (χ3v) is 8.89. The zero-order valence-corrected chi connectivity index (χ0v) is 13.3. The van der Waals surface area contributed by atoms with E-state index in [-0.39, 0.29) is 0 Å². The molecular weight excluding hydrogens is 272 g/mol. The summed E-state index contributed by atoms with van der Waals surface area (Å²) in [5, 5.41) is 0. The van der Waals surface area contributed by atoms with Gasteiger partial charge in [0.15, 0.2) is 0 Å². The van der Waals surface area contributed by atoms with E-state index in [2.05, 4.69) is 0 Å². The van der Waals surface area contributed by atoms with Crippen molar-refractivity contribution in [2.45, 2.75) is 57.1 Å². The maximum atomic E-state index is 11.6. The molecule has 0 saturated heterocycles. The molecule has 7 atom stereocenters. The highest BCUT2D eigenvalue weighted by Crippen LogP contribution is 2.69. The number of rotatable bonds is 3. The van der Waals surface area contributed by atoms with E-state index in [0.717, 1.165) is 35.5 Å². The summed E-state index contributed by atoms with van der Waals surface area (Å²) in [6.45, 7) is 3.37. The first-order chi connectivity index (χ1) is 9.28. The molecule has 4 aliphatic rings. The standard InChI is InChI=1S/C16H26O3S/c1-16(2,20(17,18)19)8-12-6-11-7-13(12)15-10-4-3-9(5-10)14(11)15/h9-15H,3-8H2,1-2H3,(H,17,18,19). The highest BCUT2D eigenvalue weighted by atomic mass is 32.2. The minimum absolute atomic E-state index is 0.525. The average Bonchev–Trinajstić information content (AvgIpc) is 3.04. The molecule has 4 aliphatic carbocycles. The van der Waals surface area contributed by atoms with Gasteiger partial charge in [0.25, 0.3) is 10.1 Å². The topological polar surface area (TPSA) is 54.4 Å². The Morgan fingerprint density at radius 2 is 1.65 bits per heavy atom. The van der Waals surface area contributed by atoms with Crippen molar-refractivity contribution in [2.75, 3.05) is 0 Å². The van der Waals surface area contributed by atoms with Crippen LogP contribution >= 0.6 is 0 Å². The highest BCUT2D eigenvalue weighted by molar-refractivity contribution is 7.87. The summed E-state index contributed by atoms with van der Waals surface area (Å²) in [5.74, 6) is 5.95. The third-order valence-electron chi connectivity index (χ3n) is 7.32. The first-order valence-electron chi connectivity index (χ1n) is 8.25. The summed E-state index contributed by atoms with van der Waals surface area (Å²) in [6.07, 6.45) is 7.53. The van der Waals surface area contributed by atoms with Gasteiger partial charge in [-0.15, -0.1) is 0 Å². The van der Waals surface area contributed by atoms with Crippen LogP contribution in [0.5, 0.6) is 0 Å². The van der Waals surface area contributed by atoms with Gasteiger partial charge in [-0.3, -0.25) is 4.55 Å². The molecule has 4 bridgehead atoms. The number of hydrogen-bond acceptors (Lipinski definition) is 2. The molecule has 114 valence electrons. The summed E-state index contributed by atoms with van der Waals surface area (Å²) >= 11 is 0. The molecule has 1 N–H and O–H groups in total. The van der Waals surface area contributed by atoms with E-state index in [1.54, 1.807) is 13.8 Å². The monoisotopic (exact) mass is 298 g/mol. The Bertz CT molecular complexity index is 524. The van der Waals surface area contributed by atoms with Crippen LogP contribution in [0.15, 0.2) is 0 Å². The Hall–Kier alpha value is -0.0900. The van der Waals surface area contributed by atoms with Gasteiger partial charge in [-0.1, -0.05) is 0 Å². The minimum atomic E-state index is -3.94. The van der Waals surface area contributed by atoms with Crippen molar-refractivity contribution < 1.29 is 13.0 Å². The Labute approximate surface area is 122 Å². The van der Waals surface area contributed by atoms with Crippen molar-refractivity contribution in [1.29, 1.82) is 0 Å². The van der Waals surface area contributed by atoms with E-state index in [9.17, 15) is 13.0 Å². The van der Waals surface area contributed by atoms with Crippen molar-refractivity contribution in [3.05, 3.63) is 0 Å². The smallest absolute Gasteiger partial charge is 0.270 e. The van der Waals surface area contributed by atoms with E-state index < -0.39 is 14.9 Å². The van der Waals surface area contributed by atoms with Crippen molar-refractivity contribution in [3.63, 3.8) is 0 Å². The number of hydrogen-bond donors (Lipinski definition) is 1. The molecule has 4 fully saturated rings. The van der Waals surface area contributed by atoms with Crippen LogP contribution in [0.2, 0.25) is 0 Å². The lowest BCUT2D eigenvalue weighted by molar-refractivity contribution is 0.0963. The van der Waals surface area contributed by atoms with E-state index >= 15 is 0 Å². The van der Waals surface area contributed by atoms with E-state index in [0.29, 0.717) is 12.3 Å². The zero-order chi connectivity index (χ0) is 14.3. The average molecular weight is 298 g/mol. The molecule has 0 amide bonds. The Morgan fingerprint density at radius 3 is 2.30 bits per heavy atom. The maximum absolute atomic E-state index is 11.6. The van der Waals surface area contributed by atoms with Crippen molar-refractivity contribution in [1.82, 2.24) is 0 Å². The van der Waals surface area contributed by atoms with Gasteiger partial charge < -0.3 is 0 Å². The normalized spacial score (nSPS) is 49.9. The molecular formula is C16H26O3S. The molecule has 20 heavy (non-hydrogen) atoms. The lowest BCUT2D eigenvalue weighted by Gasteiger charge is -2.40. The number of fused-ring (bicyclic) bond motifs is 9. The predicted molar refractivity (Wildman–Crippen MR) is 77.8 cm³/mol. The molecule has 0 aliphatic heterocycles. The molecule has 3 nitrogen and oxygen atoms in total. The zero-order valence-electron chi connectivity index (χ0n) is 12.5. The fraction of sp³-hybridized carbons (Fsp3) is 1.00. The Kier molecular flexibility index (Phi) is 2.72. The van der Waals surface area contributed by atoms with Crippen LogP contribution in [-0.4, -0.2) is 17.7 Å². The van der Waals surface area contributed by atoms with Crippen LogP contribution in [0, 0.1) is 41.4 Å². The second kappa shape index (κ2) is 4.01. The predicted octanol–water partition coefficient (Wildman–Crippen LogP) is 3.36. The summed E-state index contributed by atoms with van der Waals surface area (Å²) in [7, 11) is -3.94. The van der Waals surface area contributed by atoms with E-state index in [4.69, 9.17) is 0 Å². The Balaban J connectivity index is 1.54. The summed E-state index contributed by atoms with van der Waals surface area (Å²) < 4.78 is 31.6. The fourth-order valence-electron chi connectivity index (χ4n) is 6.67. The molecule has 0 radical (unpaired) electrons. The SMILES string of the molecule is CC(C)(CC1CC2CC1C1C3CCC(C3)C21)S(=O)(=O)O. The van der Waals surface area contributed by atoms with Gasteiger partial charge in [-0.2, -0.15) is 8.42 Å². The van der Waals surface area contributed by atoms with Crippen molar-refractivity contribution in [2.24, 2.45) is 41.4 Å². The molecule has 7 unspecified atom stereocenters. The fourth-order valence-corrected chi connectivity index (χ4v) is 7.10. The second-order valence-corrected chi connectivity index (χ2v) is 10.6. The summed E-state index contributed by atoms with van der Waals surface area (Å²) in [4.78, 5) is 0. The first-order valence-corrected chi connectivity index (χ1v) is 9.69. The van der Waals surface area contributed by atoms with E-state index in [1.165, 1.54) is 32.1 Å². The maximum Gasteiger partial charge on any atom is 0.270 e. The van der Waals surface area contributed by atoms with Crippen LogP contribution in [0.3, 0.4) is 0 Å². The lowest BCUT2D eigenvalue weighted by atomic mass is 9.66. The van der Waals surface area contributed by atoms with Crippen LogP contribution in [0.25, 0.3) is 0 Å². The van der Waals surface area contributed by atoms with Crippen molar-refractivity contribution >= 4 is 10.1 Å². The van der Waals surface area contributed by atoms with Gasteiger partial charge in [-0.05, 0) is 93.8 Å². The van der Waals surface area contributed by atoms with E-state index in [1.807, 2.05) is 0 Å². The molecule has 0 aromatic carbocycles. The molecule has 0 aromatic heterocycles. The molecule has 4 saturated carbocycles. The van der Waals surface area contributed by atoms with Gasteiger partial charge in [0.1, 0.15) is 0 Å². The summed E-state index contributed by atoms with van der Waals surface area (Å²) in [6, 6.07) is 0. The van der Waals surface area contributed by atoms with Gasteiger partial charge in [0.05, 0.1) is 4.75 Å². The molecule has 4 rings (SSSR count). The van der Waals surface area contributed by atoms with Crippen LogP contribution < -0.4 is 0 Å². The first kappa shape index (κ1) is 13.6. The van der Waals surface area contributed by atoms with Crippen LogP contribution in [0.1, 0.15) is 52.4 Å². The minimum Gasteiger partial charge on any atom is -0.285 e. The van der Waals surface area contributed by atoms with Gasteiger partial charge in [-0.25, -0.2) is 0 Å². The van der Waals surface area contributed by atoms with Crippen LogP contribution in [0.4, 0.5) is 0 Å². The van der Waals surface area contributed by atoms with Crippen molar-refractivity contribution in [3.8, 4) is 0 Å². The van der Waals surface area contributed by atoms with Crippen LogP contribution in [-0.2, 0) is 10.1 Å². The lowest BCUT2D eigenvalue weighted by Crippen LogP contribution is -2.39. The molecule has 0 heterocycles. The van der Waals surface area contributed by atoms with Gasteiger partial charge >= 0.3 is 0 Å². The van der Waals surface area contributed by atoms with Gasteiger partial charge in [0.2, 0.25) is 0 Å². The quantitative estimate of drug-likeness (QED) is 0.642. The Morgan fingerprint density at radius 1 is 1.00 bits per heavy atom.